The van der Waals surface area contributed by atoms with Crippen molar-refractivity contribution in [2.24, 2.45) is 0 Å². The van der Waals surface area contributed by atoms with E-state index in [1.54, 1.807) is 0 Å². The minimum atomic E-state index is 1.10. The predicted molar refractivity (Wildman–Crippen MR) is 91.8 cm³/mol. The average Bonchev–Trinajstić information content (AvgIpc) is 2.87. The summed E-state index contributed by atoms with van der Waals surface area (Å²) in [4.78, 5) is 0. The number of nitrogens with zero attached hydrogens (tertiary/aromatic N) is 1. The number of rotatable bonds is 2. The topological polar surface area (TPSA) is 4.93 Å². The summed E-state index contributed by atoms with van der Waals surface area (Å²) in [6.07, 6.45) is 15.4. The van der Waals surface area contributed by atoms with Gasteiger partial charge in [0.2, 0.25) is 0 Å². The third-order valence-corrected chi connectivity index (χ3v) is 3.96. The van der Waals surface area contributed by atoms with Gasteiger partial charge in [-0.15, -0.1) is 0 Å². The van der Waals surface area contributed by atoms with Gasteiger partial charge in [-0.25, -0.2) is 0 Å². The average molecular weight is 275 g/mol. The van der Waals surface area contributed by atoms with Gasteiger partial charge in [0.25, 0.3) is 0 Å². The van der Waals surface area contributed by atoms with Crippen molar-refractivity contribution in [3.63, 3.8) is 0 Å². The SMILES string of the molecule is C/C=C/C=c1/c2c(n(-c3ccccc3)/c1=C/C)CCC=C2. The molecule has 1 heteroatoms. The zero-order valence-electron chi connectivity index (χ0n) is 12.7. The van der Waals surface area contributed by atoms with Gasteiger partial charge < -0.3 is 4.57 Å². The molecule has 0 N–H and O–H groups in total. The van der Waals surface area contributed by atoms with Crippen LogP contribution in [-0.2, 0) is 6.42 Å². The number of allylic oxidation sites excluding steroid dienone is 3. The van der Waals surface area contributed by atoms with E-state index in [2.05, 4.69) is 85.2 Å². The van der Waals surface area contributed by atoms with Crippen molar-refractivity contribution in [2.75, 3.05) is 0 Å². The van der Waals surface area contributed by atoms with Gasteiger partial charge in [-0.2, -0.15) is 0 Å². The Morgan fingerprint density at radius 1 is 1.10 bits per heavy atom. The highest BCUT2D eigenvalue weighted by Gasteiger charge is 2.15. The zero-order chi connectivity index (χ0) is 14.7. The first-order valence-electron chi connectivity index (χ1n) is 7.61. The molecule has 0 radical (unpaired) electrons. The molecule has 0 aliphatic heterocycles. The van der Waals surface area contributed by atoms with Gasteiger partial charge in [-0.05, 0) is 38.8 Å². The van der Waals surface area contributed by atoms with Gasteiger partial charge in [-0.1, -0.05) is 54.7 Å². The van der Waals surface area contributed by atoms with Crippen LogP contribution in [0.15, 0.2) is 48.6 Å². The molecule has 1 aliphatic rings. The number of fused-ring (bicyclic) bond motifs is 1. The van der Waals surface area contributed by atoms with E-state index in [0.29, 0.717) is 0 Å². The molecule has 1 aromatic carbocycles. The normalized spacial score (nSPS) is 15.9. The van der Waals surface area contributed by atoms with Crippen LogP contribution >= 0.6 is 0 Å². The monoisotopic (exact) mass is 275 g/mol. The summed E-state index contributed by atoms with van der Waals surface area (Å²) in [5.41, 5.74) is 4.04. The van der Waals surface area contributed by atoms with E-state index >= 15 is 0 Å². The van der Waals surface area contributed by atoms with Crippen LogP contribution < -0.4 is 10.6 Å². The first kappa shape index (κ1) is 13.7. The third-order valence-electron chi connectivity index (χ3n) is 3.96. The third kappa shape index (κ3) is 2.40. The summed E-state index contributed by atoms with van der Waals surface area (Å²) in [6.45, 7) is 4.18. The molecule has 0 fully saturated rings. The van der Waals surface area contributed by atoms with Crippen molar-refractivity contribution in [2.45, 2.75) is 26.7 Å². The molecular weight excluding hydrogens is 254 g/mol. The van der Waals surface area contributed by atoms with Crippen molar-refractivity contribution >= 4 is 18.2 Å². The fourth-order valence-electron chi connectivity index (χ4n) is 3.06. The Bertz CT molecular complexity index is 802. The van der Waals surface area contributed by atoms with Crippen LogP contribution in [0.4, 0.5) is 0 Å². The molecule has 0 spiro atoms. The first-order valence-corrected chi connectivity index (χ1v) is 7.61. The van der Waals surface area contributed by atoms with Crippen LogP contribution in [0.3, 0.4) is 0 Å². The van der Waals surface area contributed by atoms with Crippen LogP contribution in [0.2, 0.25) is 0 Å². The lowest BCUT2D eigenvalue weighted by molar-refractivity contribution is 0.860. The Labute approximate surface area is 126 Å². The van der Waals surface area contributed by atoms with Crippen LogP contribution in [0, 0.1) is 0 Å². The predicted octanol–water partition coefficient (Wildman–Crippen LogP) is 3.59. The van der Waals surface area contributed by atoms with Crippen LogP contribution in [0.5, 0.6) is 0 Å². The van der Waals surface area contributed by atoms with Gasteiger partial charge in [0.05, 0.1) is 0 Å². The first-order chi connectivity index (χ1) is 10.4. The van der Waals surface area contributed by atoms with Crippen molar-refractivity contribution in [1.82, 2.24) is 4.57 Å². The highest BCUT2D eigenvalue weighted by Crippen LogP contribution is 2.18. The lowest BCUT2D eigenvalue weighted by Crippen LogP contribution is -2.28. The molecular formula is C20H21N. The second-order valence-corrected chi connectivity index (χ2v) is 5.25. The number of para-hydroxylation sites is 1. The highest BCUT2D eigenvalue weighted by molar-refractivity contribution is 5.62. The van der Waals surface area contributed by atoms with E-state index in [1.807, 2.05) is 0 Å². The summed E-state index contributed by atoms with van der Waals surface area (Å²) >= 11 is 0. The minimum Gasteiger partial charge on any atom is -0.313 e. The molecule has 0 unspecified atom stereocenters. The molecule has 3 rings (SSSR count). The Balaban J connectivity index is 2.41. The smallest absolute Gasteiger partial charge is 0.0495 e. The second kappa shape index (κ2) is 6.01. The Morgan fingerprint density at radius 2 is 1.90 bits per heavy atom. The number of aromatic nitrogens is 1. The fraction of sp³-hybridized carbons (Fsp3) is 0.200. The molecule has 0 saturated carbocycles. The molecule has 0 amide bonds. The fourth-order valence-corrected chi connectivity index (χ4v) is 3.06. The maximum Gasteiger partial charge on any atom is 0.0495 e. The lowest BCUT2D eigenvalue weighted by Gasteiger charge is -2.12. The molecule has 0 saturated heterocycles. The summed E-state index contributed by atoms with van der Waals surface area (Å²) in [5.74, 6) is 0. The standard InChI is InChI=1S/C20H21N/c1-3-5-13-17-18-14-9-10-15-20(18)21(19(17)4-2)16-11-7-6-8-12-16/h3-9,11-14H,10,15H2,1-2H3/b5-3+,17-13-,19-4+. The van der Waals surface area contributed by atoms with E-state index in [4.69, 9.17) is 0 Å². The minimum absolute atomic E-state index is 1.10. The van der Waals surface area contributed by atoms with Gasteiger partial charge in [-0.3, -0.25) is 0 Å². The van der Waals surface area contributed by atoms with Crippen molar-refractivity contribution in [3.05, 3.63) is 70.4 Å². The van der Waals surface area contributed by atoms with Crippen molar-refractivity contribution < 1.29 is 0 Å². The molecule has 1 aliphatic carbocycles. The number of hydrogen-bond donors (Lipinski definition) is 0. The molecule has 1 nitrogen and oxygen atoms in total. The Hall–Kier alpha value is -2.28. The lowest BCUT2D eigenvalue weighted by atomic mass is 10.0. The highest BCUT2D eigenvalue weighted by atomic mass is 15.0. The summed E-state index contributed by atoms with van der Waals surface area (Å²) in [7, 11) is 0. The number of hydrogen-bond acceptors (Lipinski definition) is 0. The van der Waals surface area contributed by atoms with Crippen LogP contribution in [0.25, 0.3) is 23.9 Å². The van der Waals surface area contributed by atoms with E-state index in [1.165, 1.54) is 27.5 Å². The Morgan fingerprint density at radius 3 is 2.62 bits per heavy atom. The summed E-state index contributed by atoms with van der Waals surface area (Å²) < 4.78 is 2.41. The molecule has 1 aromatic heterocycles. The van der Waals surface area contributed by atoms with Crippen molar-refractivity contribution in [3.8, 4) is 5.69 Å². The molecule has 21 heavy (non-hydrogen) atoms. The second-order valence-electron chi connectivity index (χ2n) is 5.25. The summed E-state index contributed by atoms with van der Waals surface area (Å²) in [6, 6.07) is 10.7. The molecule has 1 heterocycles. The van der Waals surface area contributed by atoms with E-state index < -0.39 is 0 Å². The van der Waals surface area contributed by atoms with E-state index in [-0.39, 0.29) is 0 Å². The maximum absolute atomic E-state index is 2.41. The molecule has 0 atom stereocenters. The van der Waals surface area contributed by atoms with Crippen LogP contribution in [0.1, 0.15) is 31.5 Å². The van der Waals surface area contributed by atoms with Gasteiger partial charge in [0.1, 0.15) is 0 Å². The summed E-state index contributed by atoms with van der Waals surface area (Å²) in [5, 5.41) is 2.61. The largest absolute Gasteiger partial charge is 0.313 e. The zero-order valence-corrected chi connectivity index (χ0v) is 12.7. The number of benzene rings is 1. The van der Waals surface area contributed by atoms with E-state index in [9.17, 15) is 0 Å². The van der Waals surface area contributed by atoms with E-state index in [0.717, 1.165) is 12.8 Å². The molecule has 2 aromatic rings. The van der Waals surface area contributed by atoms with Crippen molar-refractivity contribution in [1.29, 1.82) is 0 Å². The quantitative estimate of drug-likeness (QED) is 0.789. The molecule has 0 bridgehead atoms. The maximum atomic E-state index is 2.41. The van der Waals surface area contributed by atoms with Gasteiger partial charge in [0.15, 0.2) is 0 Å². The Kier molecular flexibility index (Phi) is 3.92. The van der Waals surface area contributed by atoms with Gasteiger partial charge >= 0.3 is 0 Å². The van der Waals surface area contributed by atoms with Crippen LogP contribution in [-0.4, -0.2) is 4.57 Å². The molecule has 106 valence electrons. The van der Waals surface area contributed by atoms with Gasteiger partial charge in [0, 0.05) is 27.5 Å².